The maximum absolute atomic E-state index is 12.5. The van der Waals surface area contributed by atoms with Gasteiger partial charge in [-0.1, -0.05) is 24.3 Å². The monoisotopic (exact) mass is 284 g/mol. The topological polar surface area (TPSA) is 65.2 Å². The highest BCUT2D eigenvalue weighted by Crippen LogP contribution is 2.33. The molecule has 2 N–H and O–H groups in total. The van der Waals surface area contributed by atoms with Crippen molar-refractivity contribution in [2.45, 2.75) is 25.7 Å². The van der Waals surface area contributed by atoms with Crippen molar-refractivity contribution in [2.75, 3.05) is 12.3 Å². The molecule has 0 aliphatic carbocycles. The van der Waals surface area contributed by atoms with Crippen LogP contribution in [0.1, 0.15) is 25.0 Å². The molecular formula is C17H20N2O2. The Morgan fingerprint density at radius 2 is 2.05 bits per heavy atom. The molecule has 0 aliphatic rings. The Bertz CT molecular complexity index is 613. The van der Waals surface area contributed by atoms with Gasteiger partial charge >= 0.3 is 5.97 Å². The smallest absolute Gasteiger partial charge is 0.316 e. The number of nitrogens with two attached hydrogens (primary N) is 1. The number of esters is 1. The molecular weight excluding hydrogens is 264 g/mol. The fourth-order valence-corrected chi connectivity index (χ4v) is 2.48. The van der Waals surface area contributed by atoms with Crippen LogP contribution in [0, 0.1) is 0 Å². The van der Waals surface area contributed by atoms with Crippen LogP contribution in [-0.4, -0.2) is 17.6 Å². The van der Waals surface area contributed by atoms with Gasteiger partial charge in [0.2, 0.25) is 0 Å². The summed E-state index contributed by atoms with van der Waals surface area (Å²) in [6.45, 7) is 4.01. The summed E-state index contributed by atoms with van der Waals surface area (Å²) in [5.74, 6) is -0.272. The van der Waals surface area contributed by atoms with E-state index in [9.17, 15) is 4.79 Å². The van der Waals surface area contributed by atoms with Crippen LogP contribution in [0.2, 0.25) is 0 Å². The van der Waals surface area contributed by atoms with Gasteiger partial charge in [-0.25, -0.2) is 0 Å². The first-order chi connectivity index (χ1) is 10.1. The van der Waals surface area contributed by atoms with Gasteiger partial charge in [0.05, 0.1) is 12.0 Å². The third-order valence-electron chi connectivity index (χ3n) is 3.56. The van der Waals surface area contributed by atoms with E-state index in [0.29, 0.717) is 18.7 Å². The van der Waals surface area contributed by atoms with E-state index < -0.39 is 5.41 Å². The van der Waals surface area contributed by atoms with Crippen molar-refractivity contribution < 1.29 is 9.53 Å². The molecule has 1 heterocycles. The largest absolute Gasteiger partial charge is 0.465 e. The summed E-state index contributed by atoms with van der Waals surface area (Å²) in [6, 6.07) is 11.2. The quantitative estimate of drug-likeness (QED) is 0.677. The average molecular weight is 284 g/mol. The van der Waals surface area contributed by atoms with E-state index in [-0.39, 0.29) is 5.97 Å². The van der Waals surface area contributed by atoms with E-state index in [4.69, 9.17) is 10.5 Å². The lowest BCUT2D eigenvalue weighted by molar-refractivity contribution is -0.149. The fraction of sp³-hybridized carbons (Fsp3) is 0.294. The molecule has 2 aromatic rings. The second-order valence-corrected chi connectivity index (χ2v) is 5.18. The number of para-hydroxylation sites is 1. The van der Waals surface area contributed by atoms with Gasteiger partial charge in [-0.15, -0.1) is 0 Å². The summed E-state index contributed by atoms with van der Waals surface area (Å²) in [5.41, 5.74) is 7.59. The maximum atomic E-state index is 12.5. The summed E-state index contributed by atoms with van der Waals surface area (Å²) in [4.78, 5) is 16.6. The standard InChI is InChI=1S/C17H20N2O2/c1-3-21-16(20)17(2,11-13-7-6-10-19-12-13)14-8-4-5-9-15(14)18/h4-10,12H,3,11,18H2,1-2H3. The number of hydrogen-bond acceptors (Lipinski definition) is 4. The Balaban J connectivity index is 2.44. The van der Waals surface area contributed by atoms with Gasteiger partial charge in [0.25, 0.3) is 0 Å². The van der Waals surface area contributed by atoms with Gasteiger partial charge in [0.15, 0.2) is 0 Å². The van der Waals surface area contributed by atoms with Crippen LogP contribution in [0.3, 0.4) is 0 Å². The van der Waals surface area contributed by atoms with Gasteiger partial charge in [0.1, 0.15) is 0 Å². The van der Waals surface area contributed by atoms with Crippen LogP contribution in [0.25, 0.3) is 0 Å². The molecule has 110 valence electrons. The number of rotatable bonds is 5. The first-order valence-corrected chi connectivity index (χ1v) is 6.99. The van der Waals surface area contributed by atoms with Gasteiger partial charge in [-0.3, -0.25) is 9.78 Å². The first kappa shape index (κ1) is 15.0. The summed E-state index contributed by atoms with van der Waals surface area (Å²) < 4.78 is 5.27. The summed E-state index contributed by atoms with van der Waals surface area (Å²) in [5, 5.41) is 0. The number of carbonyl (C=O) groups excluding carboxylic acids is 1. The third kappa shape index (κ3) is 3.21. The Kier molecular flexibility index (Phi) is 4.58. The van der Waals surface area contributed by atoms with Gasteiger partial charge in [-0.2, -0.15) is 0 Å². The highest BCUT2D eigenvalue weighted by molar-refractivity contribution is 5.85. The van der Waals surface area contributed by atoms with Gasteiger partial charge < -0.3 is 10.5 Å². The molecule has 1 aromatic carbocycles. The van der Waals surface area contributed by atoms with Crippen molar-refractivity contribution in [1.82, 2.24) is 4.98 Å². The first-order valence-electron chi connectivity index (χ1n) is 6.99. The van der Waals surface area contributed by atoms with E-state index in [1.807, 2.05) is 37.3 Å². The average Bonchev–Trinajstić information content (AvgIpc) is 2.48. The number of anilines is 1. The highest BCUT2D eigenvalue weighted by atomic mass is 16.5. The van der Waals surface area contributed by atoms with Crippen molar-refractivity contribution in [3.63, 3.8) is 0 Å². The van der Waals surface area contributed by atoms with Crippen molar-refractivity contribution in [1.29, 1.82) is 0 Å². The fourth-order valence-electron chi connectivity index (χ4n) is 2.48. The number of nitrogen functional groups attached to an aromatic ring is 1. The van der Waals surface area contributed by atoms with Crippen LogP contribution < -0.4 is 5.73 Å². The molecule has 0 radical (unpaired) electrons. The van der Waals surface area contributed by atoms with E-state index in [2.05, 4.69) is 4.98 Å². The van der Waals surface area contributed by atoms with Crippen LogP contribution in [0.5, 0.6) is 0 Å². The normalized spacial score (nSPS) is 13.4. The number of ether oxygens (including phenoxy) is 1. The van der Waals surface area contributed by atoms with Crippen LogP contribution in [0.4, 0.5) is 5.69 Å². The van der Waals surface area contributed by atoms with Crippen molar-refractivity contribution in [3.05, 3.63) is 59.9 Å². The number of pyridine rings is 1. The van der Waals surface area contributed by atoms with E-state index >= 15 is 0 Å². The molecule has 0 bridgehead atoms. The van der Waals surface area contributed by atoms with Crippen molar-refractivity contribution >= 4 is 11.7 Å². The zero-order valence-electron chi connectivity index (χ0n) is 12.4. The Hall–Kier alpha value is -2.36. The number of hydrogen-bond donors (Lipinski definition) is 1. The van der Waals surface area contributed by atoms with Crippen LogP contribution in [0.15, 0.2) is 48.8 Å². The summed E-state index contributed by atoms with van der Waals surface area (Å²) in [7, 11) is 0. The lowest BCUT2D eigenvalue weighted by atomic mass is 9.76. The molecule has 1 atom stereocenters. The molecule has 4 nitrogen and oxygen atoms in total. The molecule has 0 fully saturated rings. The van der Waals surface area contributed by atoms with Crippen molar-refractivity contribution in [3.8, 4) is 0 Å². The minimum absolute atomic E-state index is 0.272. The predicted molar refractivity (Wildman–Crippen MR) is 82.8 cm³/mol. The molecule has 21 heavy (non-hydrogen) atoms. The molecule has 1 unspecified atom stereocenters. The molecule has 0 saturated heterocycles. The van der Waals surface area contributed by atoms with E-state index in [0.717, 1.165) is 11.1 Å². The number of carbonyl (C=O) groups is 1. The molecule has 0 aliphatic heterocycles. The second-order valence-electron chi connectivity index (χ2n) is 5.18. The zero-order chi connectivity index (χ0) is 15.3. The van der Waals surface area contributed by atoms with Gasteiger partial charge in [-0.05, 0) is 43.5 Å². The third-order valence-corrected chi connectivity index (χ3v) is 3.56. The second kappa shape index (κ2) is 6.39. The number of aromatic nitrogens is 1. The molecule has 0 spiro atoms. The Labute approximate surface area is 125 Å². The SMILES string of the molecule is CCOC(=O)C(C)(Cc1cccnc1)c1ccccc1N. The summed E-state index contributed by atoms with van der Waals surface area (Å²) >= 11 is 0. The molecule has 4 heteroatoms. The maximum Gasteiger partial charge on any atom is 0.316 e. The zero-order valence-corrected chi connectivity index (χ0v) is 12.4. The van der Waals surface area contributed by atoms with E-state index in [1.54, 1.807) is 25.4 Å². The lowest BCUT2D eigenvalue weighted by Gasteiger charge is -2.29. The summed E-state index contributed by atoms with van der Waals surface area (Å²) in [6.07, 6.45) is 3.96. The van der Waals surface area contributed by atoms with Gasteiger partial charge in [0, 0.05) is 18.1 Å². The Morgan fingerprint density at radius 1 is 1.29 bits per heavy atom. The highest BCUT2D eigenvalue weighted by Gasteiger charge is 2.38. The lowest BCUT2D eigenvalue weighted by Crippen LogP contribution is -2.37. The number of benzene rings is 1. The molecule has 1 aromatic heterocycles. The van der Waals surface area contributed by atoms with Crippen LogP contribution in [-0.2, 0) is 21.4 Å². The number of nitrogens with zero attached hydrogens (tertiary/aromatic N) is 1. The molecule has 2 rings (SSSR count). The molecule has 0 saturated carbocycles. The minimum atomic E-state index is -0.829. The van der Waals surface area contributed by atoms with Crippen molar-refractivity contribution in [2.24, 2.45) is 0 Å². The predicted octanol–water partition coefficient (Wildman–Crippen LogP) is 2.73. The molecule has 0 amide bonds. The van der Waals surface area contributed by atoms with Crippen LogP contribution >= 0.6 is 0 Å². The minimum Gasteiger partial charge on any atom is -0.465 e. The van der Waals surface area contributed by atoms with E-state index in [1.165, 1.54) is 0 Å². The Morgan fingerprint density at radius 3 is 2.67 bits per heavy atom.